The molecule has 0 aromatic heterocycles. The average Bonchev–Trinajstić information content (AvgIpc) is 2.50. The van der Waals surface area contributed by atoms with Crippen molar-refractivity contribution in [3.8, 4) is 0 Å². The number of hydrogen-bond donors (Lipinski definition) is 2. The van der Waals surface area contributed by atoms with Crippen LogP contribution in [-0.4, -0.2) is 41.0 Å². The first kappa shape index (κ1) is 20.6. The van der Waals surface area contributed by atoms with Crippen molar-refractivity contribution in [2.45, 2.75) is 30.7 Å². The molecule has 0 saturated heterocycles. The summed E-state index contributed by atoms with van der Waals surface area (Å²) < 4.78 is 46.3. The highest BCUT2D eigenvalue weighted by Gasteiger charge is 2.21. The van der Waals surface area contributed by atoms with Crippen LogP contribution in [-0.2, 0) is 29.7 Å². The van der Waals surface area contributed by atoms with E-state index in [-0.39, 0.29) is 23.3 Å². The monoisotopic (exact) mass is 397 g/mol. The third-order valence-electron chi connectivity index (χ3n) is 2.87. The smallest absolute Gasteiger partial charge is 0.306 e. The van der Waals surface area contributed by atoms with E-state index >= 15 is 0 Å². The molecule has 2 atom stereocenters. The van der Waals surface area contributed by atoms with E-state index in [1.54, 1.807) is 6.92 Å². The van der Waals surface area contributed by atoms with Crippen LogP contribution in [0.15, 0.2) is 29.2 Å². The van der Waals surface area contributed by atoms with Crippen LogP contribution in [0.5, 0.6) is 0 Å². The van der Waals surface area contributed by atoms with Crippen LogP contribution in [0.25, 0.3) is 0 Å². The van der Waals surface area contributed by atoms with Crippen LogP contribution < -0.4 is 5.32 Å². The number of hydrogen-bond acceptors (Lipinski definition) is 6. The van der Waals surface area contributed by atoms with Crippen molar-refractivity contribution in [1.82, 2.24) is 5.32 Å². The van der Waals surface area contributed by atoms with E-state index in [1.165, 1.54) is 24.3 Å². The van der Waals surface area contributed by atoms with Gasteiger partial charge in [0.15, 0.2) is 17.0 Å². The summed E-state index contributed by atoms with van der Waals surface area (Å²) in [6, 6.07) is 5.01. The summed E-state index contributed by atoms with van der Waals surface area (Å²) >= 11 is -2.23. The van der Waals surface area contributed by atoms with Gasteiger partial charge in [0.05, 0.1) is 10.5 Å². The molecule has 1 aromatic rings. The minimum absolute atomic E-state index is 0.0753. The van der Waals surface area contributed by atoms with Gasteiger partial charge >= 0.3 is 5.97 Å². The predicted molar refractivity (Wildman–Crippen MR) is 87.4 cm³/mol. The molecule has 0 spiro atoms. The van der Waals surface area contributed by atoms with Gasteiger partial charge < -0.3 is 14.6 Å². The van der Waals surface area contributed by atoms with Crippen molar-refractivity contribution in [2.24, 2.45) is 0 Å². The summed E-state index contributed by atoms with van der Waals surface area (Å²) in [4.78, 5) is 23.2. The Labute approximate surface area is 146 Å². The minimum Gasteiger partial charge on any atom is -0.449 e. The summed E-state index contributed by atoms with van der Waals surface area (Å²) in [7, 11) is 1.22. The Balaban J connectivity index is 2.63. The number of amides is 1. The van der Waals surface area contributed by atoms with Crippen molar-refractivity contribution < 1.29 is 31.5 Å². The largest absolute Gasteiger partial charge is 0.449 e. The van der Waals surface area contributed by atoms with Crippen LogP contribution >= 0.6 is 10.7 Å². The standard InChI is InChI=1S/C13H16ClNO7S2/c1-9(6-7-12(16)22-8-23(18)19)15-13(17)10-4-2-3-5-11(10)24(14,20)21/h2-5,9H,6-8H2,1H3,(H,15,17)(H,18,19). The molecule has 134 valence electrons. The molecule has 0 fully saturated rings. The topological polar surface area (TPSA) is 127 Å². The summed E-state index contributed by atoms with van der Waals surface area (Å²) in [5, 5.41) is 2.55. The molecule has 0 aliphatic heterocycles. The number of carbonyl (C=O) groups is 2. The van der Waals surface area contributed by atoms with E-state index in [2.05, 4.69) is 10.1 Å². The van der Waals surface area contributed by atoms with Gasteiger partial charge in [-0.1, -0.05) is 12.1 Å². The minimum atomic E-state index is -4.07. The van der Waals surface area contributed by atoms with Crippen molar-refractivity contribution in [3.63, 3.8) is 0 Å². The number of esters is 1. The molecule has 0 heterocycles. The lowest BCUT2D eigenvalue weighted by atomic mass is 10.1. The van der Waals surface area contributed by atoms with Crippen LogP contribution in [0.3, 0.4) is 0 Å². The second kappa shape index (κ2) is 9.11. The predicted octanol–water partition coefficient (Wildman–Crippen LogP) is 1.23. The number of rotatable bonds is 8. The lowest BCUT2D eigenvalue weighted by Crippen LogP contribution is -2.33. The summed E-state index contributed by atoms with van der Waals surface area (Å²) in [5.41, 5.74) is -0.0994. The van der Waals surface area contributed by atoms with Crippen molar-refractivity contribution in [3.05, 3.63) is 29.8 Å². The van der Waals surface area contributed by atoms with Gasteiger partial charge in [0, 0.05) is 23.1 Å². The van der Waals surface area contributed by atoms with Gasteiger partial charge in [0.2, 0.25) is 0 Å². The van der Waals surface area contributed by atoms with E-state index in [1.807, 2.05) is 0 Å². The maximum atomic E-state index is 12.2. The number of halogens is 1. The van der Waals surface area contributed by atoms with Crippen molar-refractivity contribution >= 4 is 42.7 Å². The zero-order valence-corrected chi connectivity index (χ0v) is 15.0. The fourth-order valence-corrected chi connectivity index (χ4v) is 3.06. The molecule has 0 radical (unpaired) electrons. The molecule has 8 nitrogen and oxygen atoms in total. The highest BCUT2D eigenvalue weighted by atomic mass is 35.7. The zero-order valence-electron chi connectivity index (χ0n) is 12.6. The van der Waals surface area contributed by atoms with Crippen molar-refractivity contribution in [2.75, 3.05) is 5.94 Å². The Morgan fingerprint density at radius 2 is 2.00 bits per heavy atom. The van der Waals surface area contributed by atoms with Gasteiger partial charge in [-0.15, -0.1) is 0 Å². The molecule has 0 saturated carbocycles. The Morgan fingerprint density at radius 3 is 2.58 bits per heavy atom. The Bertz CT molecular complexity index is 736. The first-order valence-electron chi connectivity index (χ1n) is 6.69. The number of carbonyl (C=O) groups excluding carboxylic acids is 2. The number of ether oxygens (including phenoxy) is 1. The molecule has 2 N–H and O–H groups in total. The molecule has 2 unspecified atom stereocenters. The Kier molecular flexibility index (Phi) is 7.80. The quantitative estimate of drug-likeness (QED) is 0.383. The molecular weight excluding hydrogens is 382 g/mol. The van der Waals surface area contributed by atoms with Gasteiger partial charge in [-0.05, 0) is 25.5 Å². The average molecular weight is 398 g/mol. The first-order chi connectivity index (χ1) is 11.1. The van der Waals surface area contributed by atoms with Crippen LogP contribution in [0, 0.1) is 0 Å². The van der Waals surface area contributed by atoms with Gasteiger partial charge in [0.1, 0.15) is 0 Å². The first-order valence-corrected chi connectivity index (χ1v) is 10.3. The van der Waals surface area contributed by atoms with Crippen LogP contribution in [0.2, 0.25) is 0 Å². The lowest BCUT2D eigenvalue weighted by molar-refractivity contribution is -0.141. The number of nitrogens with one attached hydrogen (secondary N) is 1. The lowest BCUT2D eigenvalue weighted by Gasteiger charge is -2.14. The van der Waals surface area contributed by atoms with E-state index < -0.39 is 44.0 Å². The maximum Gasteiger partial charge on any atom is 0.306 e. The third kappa shape index (κ3) is 6.95. The van der Waals surface area contributed by atoms with E-state index in [9.17, 15) is 22.2 Å². The van der Waals surface area contributed by atoms with E-state index in [4.69, 9.17) is 15.2 Å². The molecule has 1 rings (SSSR count). The second-order valence-electron chi connectivity index (χ2n) is 4.80. The maximum absolute atomic E-state index is 12.2. The van der Waals surface area contributed by atoms with Crippen LogP contribution in [0.4, 0.5) is 0 Å². The van der Waals surface area contributed by atoms with E-state index in [0.29, 0.717) is 0 Å². The molecule has 1 aromatic carbocycles. The second-order valence-corrected chi connectivity index (χ2v) is 8.22. The highest BCUT2D eigenvalue weighted by molar-refractivity contribution is 8.13. The number of benzene rings is 1. The fraction of sp³-hybridized carbons (Fsp3) is 0.385. The third-order valence-corrected chi connectivity index (χ3v) is 4.57. The van der Waals surface area contributed by atoms with Gasteiger partial charge in [-0.25, -0.2) is 12.6 Å². The molecule has 24 heavy (non-hydrogen) atoms. The van der Waals surface area contributed by atoms with Gasteiger partial charge in [-0.2, -0.15) is 0 Å². The Morgan fingerprint density at radius 1 is 1.38 bits per heavy atom. The zero-order chi connectivity index (χ0) is 18.3. The van der Waals surface area contributed by atoms with Gasteiger partial charge in [0.25, 0.3) is 15.0 Å². The molecular formula is C13H16ClNO7S2. The molecule has 0 bridgehead atoms. The summed E-state index contributed by atoms with van der Waals surface area (Å²) in [6.45, 7) is 1.62. The highest BCUT2D eigenvalue weighted by Crippen LogP contribution is 2.19. The normalized spacial score (nSPS) is 13.8. The molecule has 1 amide bonds. The van der Waals surface area contributed by atoms with Crippen molar-refractivity contribution in [1.29, 1.82) is 0 Å². The van der Waals surface area contributed by atoms with E-state index in [0.717, 1.165) is 0 Å². The Hall–Kier alpha value is -1.49. The van der Waals surface area contributed by atoms with Gasteiger partial charge in [-0.3, -0.25) is 9.59 Å². The summed E-state index contributed by atoms with van der Waals surface area (Å²) in [6.07, 6.45) is 0.131. The SMILES string of the molecule is CC(CCC(=O)OCS(=O)O)NC(=O)c1ccccc1S(=O)(=O)Cl. The van der Waals surface area contributed by atoms with Crippen LogP contribution in [0.1, 0.15) is 30.1 Å². The summed E-state index contributed by atoms with van der Waals surface area (Å²) in [5.74, 6) is -1.94. The molecule has 0 aliphatic rings. The molecule has 0 aliphatic carbocycles. The molecule has 11 heteroatoms. The fourth-order valence-electron chi connectivity index (χ4n) is 1.76.